The van der Waals surface area contributed by atoms with E-state index in [4.69, 9.17) is 4.74 Å². The van der Waals surface area contributed by atoms with Gasteiger partial charge in [0.25, 0.3) is 5.91 Å². The van der Waals surface area contributed by atoms with E-state index in [2.05, 4.69) is 26.1 Å². The summed E-state index contributed by atoms with van der Waals surface area (Å²) in [4.78, 5) is 11.6. The number of thioether (sulfide) groups is 1. The highest BCUT2D eigenvalue weighted by molar-refractivity contribution is 8.00. The Balaban J connectivity index is 2.18. The molecule has 1 aromatic rings. The van der Waals surface area contributed by atoms with E-state index in [1.165, 1.54) is 0 Å². The van der Waals surface area contributed by atoms with Gasteiger partial charge in [-0.2, -0.15) is 11.8 Å². The molecule has 0 aromatic heterocycles. The summed E-state index contributed by atoms with van der Waals surface area (Å²) in [6.07, 6.45) is 0. The zero-order chi connectivity index (χ0) is 14.3. The Hall–Kier alpha value is -1.16. The first kappa shape index (κ1) is 15.9. The van der Waals surface area contributed by atoms with E-state index in [1.807, 2.05) is 43.0 Å². The molecule has 0 radical (unpaired) electrons. The van der Waals surface area contributed by atoms with Crippen LogP contribution in [0.3, 0.4) is 0 Å². The molecular formula is C15H23NO2S. The van der Waals surface area contributed by atoms with E-state index >= 15 is 0 Å². The van der Waals surface area contributed by atoms with Gasteiger partial charge in [0, 0.05) is 17.0 Å². The van der Waals surface area contributed by atoms with Crippen LogP contribution in [0, 0.1) is 6.92 Å². The molecule has 1 amide bonds. The largest absolute Gasteiger partial charge is 0.484 e. The number of benzene rings is 1. The molecule has 0 heterocycles. The van der Waals surface area contributed by atoms with Crippen LogP contribution in [0.4, 0.5) is 0 Å². The molecule has 0 unspecified atom stereocenters. The van der Waals surface area contributed by atoms with Gasteiger partial charge < -0.3 is 10.1 Å². The summed E-state index contributed by atoms with van der Waals surface area (Å²) >= 11 is 1.84. The second-order valence-electron chi connectivity index (χ2n) is 5.42. The van der Waals surface area contributed by atoms with Gasteiger partial charge in [-0.3, -0.25) is 4.79 Å². The van der Waals surface area contributed by atoms with Gasteiger partial charge in [0.15, 0.2) is 6.61 Å². The number of amides is 1. The number of hydrogen-bond acceptors (Lipinski definition) is 3. The van der Waals surface area contributed by atoms with Crippen LogP contribution in [-0.2, 0) is 4.79 Å². The number of ether oxygens (including phenoxy) is 1. The predicted octanol–water partition coefficient (Wildman–Crippen LogP) is 3.02. The van der Waals surface area contributed by atoms with Crippen LogP contribution in [0.25, 0.3) is 0 Å². The van der Waals surface area contributed by atoms with Crippen molar-refractivity contribution in [3.05, 3.63) is 29.8 Å². The average Bonchev–Trinajstić information content (AvgIpc) is 2.31. The third-order valence-electron chi connectivity index (χ3n) is 2.32. The molecule has 0 fully saturated rings. The summed E-state index contributed by atoms with van der Waals surface area (Å²) in [5.74, 6) is 1.58. The predicted molar refractivity (Wildman–Crippen MR) is 81.9 cm³/mol. The molecule has 1 N–H and O–H groups in total. The summed E-state index contributed by atoms with van der Waals surface area (Å²) < 4.78 is 5.67. The maximum atomic E-state index is 11.6. The van der Waals surface area contributed by atoms with Crippen LogP contribution < -0.4 is 10.1 Å². The molecule has 3 nitrogen and oxygen atoms in total. The molecule has 0 bridgehead atoms. The number of carbonyl (C=O) groups is 1. The van der Waals surface area contributed by atoms with Crippen molar-refractivity contribution >= 4 is 17.7 Å². The van der Waals surface area contributed by atoms with E-state index in [9.17, 15) is 4.79 Å². The molecular weight excluding hydrogens is 258 g/mol. The van der Waals surface area contributed by atoms with Gasteiger partial charge in [-0.1, -0.05) is 32.9 Å². The second-order valence-corrected chi connectivity index (χ2v) is 7.34. The second kappa shape index (κ2) is 7.43. The standard InChI is InChI=1S/C15H23NO2S/c1-12-6-5-7-13(10-12)18-11-14(17)16-8-9-19-15(2,3)4/h5-7,10H,8-9,11H2,1-4H3,(H,16,17). The lowest BCUT2D eigenvalue weighted by Crippen LogP contribution is -2.31. The van der Waals surface area contributed by atoms with Crippen LogP contribution in [0.1, 0.15) is 26.3 Å². The van der Waals surface area contributed by atoms with E-state index in [1.54, 1.807) is 0 Å². The van der Waals surface area contributed by atoms with Gasteiger partial charge in [0.05, 0.1) is 0 Å². The zero-order valence-electron chi connectivity index (χ0n) is 12.2. The molecule has 1 aromatic carbocycles. The highest BCUT2D eigenvalue weighted by Gasteiger charge is 2.10. The van der Waals surface area contributed by atoms with Crippen LogP contribution in [0.15, 0.2) is 24.3 Å². The van der Waals surface area contributed by atoms with Gasteiger partial charge in [0.2, 0.25) is 0 Å². The maximum Gasteiger partial charge on any atom is 0.257 e. The molecule has 0 aliphatic heterocycles. The van der Waals surface area contributed by atoms with Crippen LogP contribution in [-0.4, -0.2) is 29.6 Å². The first-order chi connectivity index (χ1) is 8.87. The Morgan fingerprint density at radius 1 is 1.37 bits per heavy atom. The Kier molecular flexibility index (Phi) is 6.22. The van der Waals surface area contributed by atoms with Gasteiger partial charge in [-0.25, -0.2) is 0 Å². The van der Waals surface area contributed by atoms with Crippen molar-refractivity contribution in [2.45, 2.75) is 32.4 Å². The Bertz CT molecular complexity index is 413. The summed E-state index contributed by atoms with van der Waals surface area (Å²) in [7, 11) is 0. The van der Waals surface area contributed by atoms with Crippen molar-refractivity contribution in [3.8, 4) is 5.75 Å². The molecule has 1 rings (SSSR count). The molecule has 19 heavy (non-hydrogen) atoms. The van der Waals surface area contributed by atoms with Crippen molar-refractivity contribution in [2.24, 2.45) is 0 Å². The minimum absolute atomic E-state index is 0.0731. The molecule has 4 heteroatoms. The van der Waals surface area contributed by atoms with Gasteiger partial charge >= 0.3 is 0 Å². The number of hydrogen-bond donors (Lipinski definition) is 1. The minimum Gasteiger partial charge on any atom is -0.484 e. The molecule has 0 atom stereocenters. The van der Waals surface area contributed by atoms with Gasteiger partial charge in [-0.15, -0.1) is 0 Å². The number of rotatable bonds is 6. The number of nitrogens with one attached hydrogen (secondary N) is 1. The molecule has 106 valence electrons. The lowest BCUT2D eigenvalue weighted by atomic mass is 10.2. The van der Waals surface area contributed by atoms with Gasteiger partial charge in [-0.05, 0) is 24.6 Å². The van der Waals surface area contributed by atoms with Gasteiger partial charge in [0.1, 0.15) is 5.75 Å². The van der Waals surface area contributed by atoms with Crippen molar-refractivity contribution in [2.75, 3.05) is 18.9 Å². The monoisotopic (exact) mass is 281 g/mol. The fourth-order valence-corrected chi connectivity index (χ4v) is 2.27. The topological polar surface area (TPSA) is 38.3 Å². The molecule has 0 saturated heterocycles. The average molecular weight is 281 g/mol. The minimum atomic E-state index is -0.0731. The third-order valence-corrected chi connectivity index (χ3v) is 3.59. The highest BCUT2D eigenvalue weighted by atomic mass is 32.2. The van der Waals surface area contributed by atoms with Crippen molar-refractivity contribution in [1.82, 2.24) is 5.32 Å². The van der Waals surface area contributed by atoms with E-state index in [0.717, 1.165) is 17.1 Å². The fraction of sp³-hybridized carbons (Fsp3) is 0.533. The quantitative estimate of drug-likeness (QED) is 0.815. The van der Waals surface area contributed by atoms with E-state index in [-0.39, 0.29) is 17.3 Å². The maximum absolute atomic E-state index is 11.6. The lowest BCUT2D eigenvalue weighted by molar-refractivity contribution is -0.122. The Morgan fingerprint density at radius 2 is 2.11 bits per heavy atom. The summed E-state index contributed by atoms with van der Waals surface area (Å²) in [5, 5.41) is 2.86. The molecule has 0 aliphatic carbocycles. The third kappa shape index (κ3) is 7.78. The normalized spacial score (nSPS) is 11.2. The summed E-state index contributed by atoms with van der Waals surface area (Å²) in [5.41, 5.74) is 1.12. The lowest BCUT2D eigenvalue weighted by Gasteiger charge is -2.17. The summed E-state index contributed by atoms with van der Waals surface area (Å²) in [6.45, 7) is 9.25. The number of carbonyl (C=O) groups excluding carboxylic acids is 1. The first-order valence-electron chi connectivity index (χ1n) is 6.47. The van der Waals surface area contributed by atoms with E-state index in [0.29, 0.717) is 6.54 Å². The Morgan fingerprint density at radius 3 is 2.74 bits per heavy atom. The van der Waals surface area contributed by atoms with Crippen molar-refractivity contribution in [3.63, 3.8) is 0 Å². The number of aryl methyl sites for hydroxylation is 1. The SMILES string of the molecule is Cc1cccc(OCC(=O)NCCSC(C)(C)C)c1. The van der Waals surface area contributed by atoms with Crippen LogP contribution >= 0.6 is 11.8 Å². The molecule has 0 spiro atoms. The molecule has 0 saturated carbocycles. The van der Waals surface area contributed by atoms with Crippen LogP contribution in [0.2, 0.25) is 0 Å². The Labute approximate surface area is 120 Å². The van der Waals surface area contributed by atoms with Crippen molar-refractivity contribution in [1.29, 1.82) is 0 Å². The highest BCUT2D eigenvalue weighted by Crippen LogP contribution is 2.21. The first-order valence-corrected chi connectivity index (χ1v) is 7.45. The fourth-order valence-electron chi connectivity index (χ4n) is 1.45. The zero-order valence-corrected chi connectivity index (χ0v) is 13.0. The van der Waals surface area contributed by atoms with Crippen LogP contribution in [0.5, 0.6) is 5.75 Å². The van der Waals surface area contributed by atoms with E-state index < -0.39 is 0 Å². The smallest absolute Gasteiger partial charge is 0.257 e. The van der Waals surface area contributed by atoms with Crippen molar-refractivity contribution < 1.29 is 9.53 Å². The summed E-state index contributed by atoms with van der Waals surface area (Å²) in [6, 6.07) is 7.69. The molecule has 0 aliphatic rings.